The van der Waals surface area contributed by atoms with Gasteiger partial charge in [0, 0.05) is 19.2 Å². The summed E-state index contributed by atoms with van der Waals surface area (Å²) in [4.78, 5) is 37.0. The molecule has 0 bridgehead atoms. The van der Waals surface area contributed by atoms with Crippen LogP contribution in [0.4, 0.5) is 5.69 Å². The number of ether oxygens (including phenoxy) is 1. The van der Waals surface area contributed by atoms with Crippen LogP contribution in [0.3, 0.4) is 0 Å². The van der Waals surface area contributed by atoms with Crippen molar-refractivity contribution in [3.63, 3.8) is 0 Å². The first-order chi connectivity index (χ1) is 12.9. The van der Waals surface area contributed by atoms with Crippen LogP contribution < -0.4 is 15.6 Å². The first-order valence-electron chi connectivity index (χ1n) is 9.21. The molecule has 0 spiro atoms. The van der Waals surface area contributed by atoms with Crippen LogP contribution in [-0.2, 0) is 17.8 Å². The lowest BCUT2D eigenvalue weighted by molar-refractivity contribution is -0.131. The molecule has 2 rings (SSSR count). The second-order valence-electron chi connectivity index (χ2n) is 6.40. The molecule has 0 unspecified atom stereocenters. The van der Waals surface area contributed by atoms with Crippen LogP contribution in [0.2, 0.25) is 0 Å². The zero-order chi connectivity index (χ0) is 20.0. The van der Waals surface area contributed by atoms with Gasteiger partial charge in [-0.05, 0) is 43.5 Å². The lowest BCUT2D eigenvalue weighted by Gasteiger charge is -2.16. The van der Waals surface area contributed by atoms with E-state index < -0.39 is 11.9 Å². The molecule has 1 N–H and O–H groups in total. The molecule has 1 aromatic heterocycles. The molecule has 1 aromatic carbocycles. The summed E-state index contributed by atoms with van der Waals surface area (Å²) in [6.07, 6.45) is 2.55. The van der Waals surface area contributed by atoms with Crippen molar-refractivity contribution >= 4 is 17.6 Å². The number of amides is 1. The van der Waals surface area contributed by atoms with Gasteiger partial charge >= 0.3 is 5.97 Å². The summed E-state index contributed by atoms with van der Waals surface area (Å²) >= 11 is 0. The molecule has 0 atom stereocenters. The van der Waals surface area contributed by atoms with Crippen molar-refractivity contribution in [2.75, 3.05) is 5.32 Å². The maximum atomic E-state index is 12.9. The maximum Gasteiger partial charge on any atom is 0.308 e. The van der Waals surface area contributed by atoms with Gasteiger partial charge in [0.15, 0.2) is 5.75 Å². The van der Waals surface area contributed by atoms with Crippen LogP contribution in [0.1, 0.15) is 55.2 Å². The van der Waals surface area contributed by atoms with Crippen LogP contribution in [0, 0.1) is 6.92 Å². The predicted octanol–water partition coefficient (Wildman–Crippen LogP) is 3.70. The third kappa shape index (κ3) is 4.84. The first kappa shape index (κ1) is 20.4. The highest BCUT2D eigenvalue weighted by Gasteiger charge is 2.18. The SMILES string of the molecule is CCCCn1c(CC)c(C)cc(C(=O)Nc2ccccc2OC(C)=O)c1=O. The fourth-order valence-corrected chi connectivity index (χ4v) is 3.03. The first-order valence-corrected chi connectivity index (χ1v) is 9.21. The molecule has 0 aliphatic carbocycles. The van der Waals surface area contributed by atoms with E-state index in [1.165, 1.54) is 6.92 Å². The summed E-state index contributed by atoms with van der Waals surface area (Å²) in [5.74, 6) is -0.760. The van der Waals surface area contributed by atoms with Gasteiger partial charge in [0.05, 0.1) is 5.69 Å². The highest BCUT2D eigenvalue weighted by Crippen LogP contribution is 2.24. The van der Waals surface area contributed by atoms with E-state index in [9.17, 15) is 14.4 Å². The molecular formula is C21H26N2O4. The molecule has 1 heterocycles. The van der Waals surface area contributed by atoms with Gasteiger partial charge < -0.3 is 14.6 Å². The molecule has 0 aliphatic heterocycles. The number of benzene rings is 1. The Hall–Kier alpha value is -2.89. The lowest BCUT2D eigenvalue weighted by Crippen LogP contribution is -2.32. The molecule has 0 saturated carbocycles. The zero-order valence-electron chi connectivity index (χ0n) is 16.3. The van der Waals surface area contributed by atoms with Crippen LogP contribution in [0.25, 0.3) is 0 Å². The predicted molar refractivity (Wildman–Crippen MR) is 105 cm³/mol. The number of unbranched alkanes of at least 4 members (excludes halogenated alkanes) is 1. The highest BCUT2D eigenvalue weighted by atomic mass is 16.5. The van der Waals surface area contributed by atoms with Crippen molar-refractivity contribution < 1.29 is 14.3 Å². The molecule has 0 fully saturated rings. The molecule has 0 saturated heterocycles. The van der Waals surface area contributed by atoms with Crippen molar-refractivity contribution in [1.29, 1.82) is 0 Å². The zero-order valence-corrected chi connectivity index (χ0v) is 16.3. The number of pyridine rings is 1. The fraction of sp³-hybridized carbons (Fsp3) is 0.381. The number of para-hydroxylation sites is 2. The Labute approximate surface area is 159 Å². The minimum atomic E-state index is -0.518. The van der Waals surface area contributed by atoms with Crippen LogP contribution in [0.15, 0.2) is 35.1 Å². The Morgan fingerprint density at radius 2 is 1.89 bits per heavy atom. The van der Waals surface area contributed by atoms with Crippen molar-refractivity contribution in [1.82, 2.24) is 4.57 Å². The molecule has 0 aliphatic rings. The molecule has 6 heteroatoms. The number of hydrogen-bond acceptors (Lipinski definition) is 4. The summed E-state index contributed by atoms with van der Waals surface area (Å²) in [5.41, 5.74) is 1.98. The number of nitrogens with one attached hydrogen (secondary N) is 1. The van der Waals surface area contributed by atoms with Gasteiger partial charge in [0.2, 0.25) is 0 Å². The summed E-state index contributed by atoms with van der Waals surface area (Å²) in [6, 6.07) is 8.26. The fourth-order valence-electron chi connectivity index (χ4n) is 3.03. The largest absolute Gasteiger partial charge is 0.424 e. The molecule has 6 nitrogen and oxygen atoms in total. The number of carbonyl (C=O) groups is 2. The van der Waals surface area contributed by atoms with Crippen molar-refractivity contribution in [3.8, 4) is 5.75 Å². The van der Waals surface area contributed by atoms with Crippen molar-refractivity contribution in [2.45, 2.75) is 53.5 Å². The van der Waals surface area contributed by atoms with E-state index in [1.54, 1.807) is 34.9 Å². The number of hydrogen-bond donors (Lipinski definition) is 1. The van der Waals surface area contributed by atoms with E-state index in [1.807, 2.05) is 13.8 Å². The normalized spacial score (nSPS) is 10.5. The van der Waals surface area contributed by atoms with E-state index in [-0.39, 0.29) is 16.9 Å². The number of esters is 1. The average Bonchev–Trinajstić information content (AvgIpc) is 2.63. The Bertz CT molecular complexity index is 900. The summed E-state index contributed by atoms with van der Waals surface area (Å²) in [5, 5.41) is 2.69. The smallest absolute Gasteiger partial charge is 0.308 e. The third-order valence-corrected chi connectivity index (χ3v) is 4.32. The van der Waals surface area contributed by atoms with Crippen LogP contribution in [-0.4, -0.2) is 16.4 Å². The van der Waals surface area contributed by atoms with Gasteiger partial charge in [-0.3, -0.25) is 14.4 Å². The average molecular weight is 370 g/mol. The second kappa shape index (κ2) is 9.16. The third-order valence-electron chi connectivity index (χ3n) is 4.32. The highest BCUT2D eigenvalue weighted by molar-refractivity contribution is 6.05. The number of nitrogens with zero attached hydrogens (tertiary/aromatic N) is 1. The molecule has 27 heavy (non-hydrogen) atoms. The van der Waals surface area contributed by atoms with Crippen molar-refractivity contribution in [3.05, 3.63) is 57.5 Å². The molecular weight excluding hydrogens is 344 g/mol. The van der Waals surface area contributed by atoms with Gasteiger partial charge in [-0.15, -0.1) is 0 Å². The van der Waals surface area contributed by atoms with Crippen molar-refractivity contribution in [2.24, 2.45) is 0 Å². The summed E-state index contributed by atoms with van der Waals surface area (Å²) in [7, 11) is 0. The van der Waals surface area contributed by atoms with Gasteiger partial charge in [0.25, 0.3) is 11.5 Å². The maximum absolute atomic E-state index is 12.9. The molecule has 1 amide bonds. The van der Waals surface area contributed by atoms with E-state index in [0.29, 0.717) is 12.2 Å². The van der Waals surface area contributed by atoms with E-state index in [0.717, 1.165) is 30.5 Å². The number of anilines is 1. The second-order valence-corrected chi connectivity index (χ2v) is 6.40. The standard InChI is InChI=1S/C21H26N2O4/c1-5-7-12-23-18(6-2)14(3)13-16(21(23)26)20(25)22-17-10-8-9-11-19(17)27-15(4)24/h8-11,13H,5-7,12H2,1-4H3,(H,22,25). The molecule has 144 valence electrons. The number of aryl methyl sites for hydroxylation is 1. The Morgan fingerprint density at radius 3 is 2.52 bits per heavy atom. The minimum Gasteiger partial charge on any atom is -0.424 e. The summed E-state index contributed by atoms with van der Waals surface area (Å²) < 4.78 is 6.81. The Morgan fingerprint density at radius 1 is 1.19 bits per heavy atom. The number of carbonyl (C=O) groups excluding carboxylic acids is 2. The lowest BCUT2D eigenvalue weighted by atomic mass is 10.1. The minimum absolute atomic E-state index is 0.0819. The van der Waals surface area contributed by atoms with Crippen LogP contribution >= 0.6 is 0 Å². The van der Waals surface area contributed by atoms with Gasteiger partial charge in [-0.2, -0.15) is 0 Å². The van der Waals surface area contributed by atoms with Gasteiger partial charge in [-0.25, -0.2) is 0 Å². The van der Waals surface area contributed by atoms with E-state index in [4.69, 9.17) is 4.74 Å². The molecule has 2 aromatic rings. The Balaban J connectivity index is 2.41. The topological polar surface area (TPSA) is 77.4 Å². The number of rotatable bonds is 7. The van der Waals surface area contributed by atoms with Gasteiger partial charge in [-0.1, -0.05) is 32.4 Å². The quantitative estimate of drug-likeness (QED) is 0.595. The van der Waals surface area contributed by atoms with E-state index >= 15 is 0 Å². The number of aromatic nitrogens is 1. The molecule has 0 radical (unpaired) electrons. The van der Waals surface area contributed by atoms with Gasteiger partial charge in [0.1, 0.15) is 5.56 Å². The summed E-state index contributed by atoms with van der Waals surface area (Å²) in [6.45, 7) is 7.85. The van der Waals surface area contributed by atoms with Crippen LogP contribution in [0.5, 0.6) is 5.75 Å². The van der Waals surface area contributed by atoms with E-state index in [2.05, 4.69) is 12.2 Å². The Kier molecular flexibility index (Phi) is 6.93. The monoisotopic (exact) mass is 370 g/mol.